The summed E-state index contributed by atoms with van der Waals surface area (Å²) in [7, 11) is 0. The highest BCUT2D eigenvalue weighted by molar-refractivity contribution is 6.30. The maximum absolute atomic E-state index is 12.6. The number of rotatable bonds is 7. The van der Waals surface area contributed by atoms with Crippen molar-refractivity contribution in [3.8, 4) is 0 Å². The molecule has 1 saturated heterocycles. The van der Waals surface area contributed by atoms with Crippen LogP contribution in [0.1, 0.15) is 37.7 Å². The van der Waals surface area contributed by atoms with Crippen LogP contribution in [0.2, 0.25) is 5.02 Å². The van der Waals surface area contributed by atoms with E-state index in [1.165, 1.54) is 0 Å². The van der Waals surface area contributed by atoms with Crippen LogP contribution < -0.4 is 11.1 Å². The van der Waals surface area contributed by atoms with Gasteiger partial charge in [-0.2, -0.15) is 0 Å². The van der Waals surface area contributed by atoms with Crippen LogP contribution >= 0.6 is 11.6 Å². The van der Waals surface area contributed by atoms with Crippen molar-refractivity contribution in [1.29, 1.82) is 0 Å². The molecule has 0 bridgehead atoms. The Morgan fingerprint density at radius 3 is 2.84 bits per heavy atom. The van der Waals surface area contributed by atoms with E-state index in [-0.39, 0.29) is 29.8 Å². The van der Waals surface area contributed by atoms with E-state index in [0.29, 0.717) is 24.4 Å². The summed E-state index contributed by atoms with van der Waals surface area (Å²) in [4.78, 5) is 26.3. The molecule has 0 spiro atoms. The standard InChI is InChI=1S/C19H26ClN3O2/c20-15-4-1-3-13(9-15)10-16(21)11-18(24)23-8-2-5-17(23)12-22-19(25)14-6-7-14/h1,3-4,9,14,16-17H,2,5-8,10-12,21H2,(H,22,25)/t16-,17+/m1/s1. The predicted octanol–water partition coefficient (Wildman–Crippen LogP) is 2.12. The Labute approximate surface area is 153 Å². The van der Waals surface area contributed by atoms with E-state index in [2.05, 4.69) is 5.32 Å². The molecule has 6 heteroatoms. The number of nitrogens with zero attached hydrogens (tertiary/aromatic N) is 1. The lowest BCUT2D eigenvalue weighted by Crippen LogP contribution is -2.45. The number of hydrogen-bond donors (Lipinski definition) is 2. The summed E-state index contributed by atoms with van der Waals surface area (Å²) in [6, 6.07) is 7.46. The fraction of sp³-hybridized carbons (Fsp3) is 0.579. The highest BCUT2D eigenvalue weighted by Gasteiger charge is 2.33. The Morgan fingerprint density at radius 1 is 1.32 bits per heavy atom. The lowest BCUT2D eigenvalue weighted by atomic mass is 10.0. The first-order valence-electron chi connectivity index (χ1n) is 9.10. The van der Waals surface area contributed by atoms with E-state index >= 15 is 0 Å². The largest absolute Gasteiger partial charge is 0.354 e. The summed E-state index contributed by atoms with van der Waals surface area (Å²) in [6.07, 6.45) is 4.87. The molecule has 0 unspecified atom stereocenters. The molecule has 136 valence electrons. The number of nitrogens with two attached hydrogens (primary N) is 1. The highest BCUT2D eigenvalue weighted by atomic mass is 35.5. The van der Waals surface area contributed by atoms with Crippen molar-refractivity contribution in [1.82, 2.24) is 10.2 Å². The molecule has 1 saturated carbocycles. The maximum Gasteiger partial charge on any atom is 0.224 e. The van der Waals surface area contributed by atoms with Crippen LogP contribution in [-0.4, -0.2) is 41.9 Å². The van der Waals surface area contributed by atoms with Gasteiger partial charge in [0.25, 0.3) is 0 Å². The minimum Gasteiger partial charge on any atom is -0.354 e. The van der Waals surface area contributed by atoms with Crippen LogP contribution in [-0.2, 0) is 16.0 Å². The molecule has 1 aromatic rings. The monoisotopic (exact) mass is 363 g/mol. The molecular weight excluding hydrogens is 338 g/mol. The van der Waals surface area contributed by atoms with Gasteiger partial charge in [-0.05, 0) is 49.8 Å². The Hall–Kier alpha value is -1.59. The predicted molar refractivity (Wildman–Crippen MR) is 98.2 cm³/mol. The van der Waals surface area contributed by atoms with Gasteiger partial charge in [-0.25, -0.2) is 0 Å². The van der Waals surface area contributed by atoms with Crippen LogP contribution in [0.15, 0.2) is 24.3 Å². The number of carbonyl (C=O) groups excluding carboxylic acids is 2. The average Bonchev–Trinajstić information content (AvgIpc) is 3.30. The molecule has 2 fully saturated rings. The molecule has 1 aromatic carbocycles. The van der Waals surface area contributed by atoms with E-state index in [4.69, 9.17) is 17.3 Å². The summed E-state index contributed by atoms with van der Waals surface area (Å²) in [6.45, 7) is 1.32. The highest BCUT2D eigenvalue weighted by Crippen LogP contribution is 2.29. The molecule has 0 aromatic heterocycles. The second-order valence-electron chi connectivity index (χ2n) is 7.20. The van der Waals surface area contributed by atoms with Gasteiger partial charge in [-0.15, -0.1) is 0 Å². The number of nitrogens with one attached hydrogen (secondary N) is 1. The minimum absolute atomic E-state index is 0.0812. The molecule has 25 heavy (non-hydrogen) atoms. The van der Waals surface area contributed by atoms with Crippen molar-refractivity contribution in [3.63, 3.8) is 0 Å². The summed E-state index contributed by atoms with van der Waals surface area (Å²) in [5.74, 6) is 0.423. The van der Waals surface area contributed by atoms with Crippen molar-refractivity contribution < 1.29 is 9.59 Å². The quantitative estimate of drug-likeness (QED) is 0.779. The third-order valence-corrected chi connectivity index (χ3v) is 5.22. The van der Waals surface area contributed by atoms with Gasteiger partial charge in [0.05, 0.1) is 0 Å². The van der Waals surface area contributed by atoms with Gasteiger partial charge in [0, 0.05) is 42.5 Å². The molecule has 2 aliphatic rings. The maximum atomic E-state index is 12.6. The molecule has 1 aliphatic carbocycles. The van der Waals surface area contributed by atoms with Gasteiger partial charge >= 0.3 is 0 Å². The third kappa shape index (κ3) is 5.19. The molecule has 5 nitrogen and oxygen atoms in total. The number of likely N-dealkylation sites (tertiary alicyclic amines) is 1. The summed E-state index contributed by atoms with van der Waals surface area (Å²) < 4.78 is 0. The van der Waals surface area contributed by atoms with Crippen molar-refractivity contribution in [2.24, 2.45) is 11.7 Å². The molecular formula is C19H26ClN3O2. The molecule has 3 N–H and O–H groups in total. The van der Waals surface area contributed by atoms with E-state index in [0.717, 1.165) is 37.8 Å². The molecule has 0 radical (unpaired) electrons. The Bertz CT molecular complexity index is 633. The second-order valence-corrected chi connectivity index (χ2v) is 7.64. The first kappa shape index (κ1) is 18.2. The van der Waals surface area contributed by atoms with E-state index in [9.17, 15) is 9.59 Å². The van der Waals surface area contributed by atoms with Crippen LogP contribution in [0.4, 0.5) is 0 Å². The van der Waals surface area contributed by atoms with Crippen molar-refractivity contribution in [2.75, 3.05) is 13.1 Å². The van der Waals surface area contributed by atoms with Crippen LogP contribution in [0.3, 0.4) is 0 Å². The van der Waals surface area contributed by atoms with E-state index in [1.54, 1.807) is 0 Å². The van der Waals surface area contributed by atoms with Gasteiger partial charge in [0.15, 0.2) is 0 Å². The van der Waals surface area contributed by atoms with Crippen LogP contribution in [0, 0.1) is 5.92 Å². The van der Waals surface area contributed by atoms with Gasteiger partial charge in [-0.1, -0.05) is 23.7 Å². The number of hydrogen-bond acceptors (Lipinski definition) is 3. The van der Waals surface area contributed by atoms with Crippen molar-refractivity contribution in [2.45, 2.75) is 50.6 Å². The molecule has 3 rings (SSSR count). The Kier molecular flexibility index (Phi) is 5.97. The minimum atomic E-state index is -0.228. The normalized spacial score (nSPS) is 21.2. The third-order valence-electron chi connectivity index (χ3n) is 4.98. The fourth-order valence-corrected chi connectivity index (χ4v) is 3.68. The van der Waals surface area contributed by atoms with Gasteiger partial charge < -0.3 is 16.0 Å². The summed E-state index contributed by atoms with van der Waals surface area (Å²) >= 11 is 5.99. The molecule has 1 aliphatic heterocycles. The summed E-state index contributed by atoms with van der Waals surface area (Å²) in [5, 5.41) is 3.67. The average molecular weight is 364 g/mol. The van der Waals surface area contributed by atoms with Crippen LogP contribution in [0.25, 0.3) is 0 Å². The van der Waals surface area contributed by atoms with Crippen LogP contribution in [0.5, 0.6) is 0 Å². The zero-order valence-electron chi connectivity index (χ0n) is 14.4. The molecule has 1 heterocycles. The first-order valence-corrected chi connectivity index (χ1v) is 9.48. The lowest BCUT2D eigenvalue weighted by molar-refractivity contribution is -0.133. The Balaban J connectivity index is 1.47. The van der Waals surface area contributed by atoms with Gasteiger partial charge in [0.2, 0.25) is 11.8 Å². The van der Waals surface area contributed by atoms with E-state index < -0.39 is 0 Å². The first-order chi connectivity index (χ1) is 12.0. The van der Waals surface area contributed by atoms with Gasteiger partial charge in [0.1, 0.15) is 0 Å². The second kappa shape index (κ2) is 8.19. The topological polar surface area (TPSA) is 75.4 Å². The number of halogens is 1. The lowest BCUT2D eigenvalue weighted by Gasteiger charge is -2.26. The molecule has 2 amide bonds. The number of carbonyl (C=O) groups is 2. The number of benzene rings is 1. The summed E-state index contributed by atoms with van der Waals surface area (Å²) in [5.41, 5.74) is 7.22. The van der Waals surface area contributed by atoms with E-state index in [1.807, 2.05) is 29.2 Å². The smallest absolute Gasteiger partial charge is 0.224 e. The van der Waals surface area contributed by atoms with Gasteiger partial charge in [-0.3, -0.25) is 9.59 Å². The fourth-order valence-electron chi connectivity index (χ4n) is 3.46. The zero-order valence-corrected chi connectivity index (χ0v) is 15.2. The van der Waals surface area contributed by atoms with Crippen molar-refractivity contribution in [3.05, 3.63) is 34.9 Å². The Morgan fingerprint density at radius 2 is 2.12 bits per heavy atom. The number of amides is 2. The molecule has 2 atom stereocenters. The zero-order chi connectivity index (χ0) is 17.8. The SMILES string of the molecule is N[C@@H](CC(=O)N1CCC[C@H]1CNC(=O)C1CC1)Cc1cccc(Cl)c1. The van der Waals surface area contributed by atoms with Crippen molar-refractivity contribution >= 4 is 23.4 Å².